The fraction of sp³-hybridized carbons (Fsp3) is 0.553. The molecule has 1 aromatic heterocycles. The lowest BCUT2D eigenvalue weighted by Gasteiger charge is -2.36. The Bertz CT molecular complexity index is 1500. The van der Waals surface area contributed by atoms with Crippen molar-refractivity contribution in [3.05, 3.63) is 66.0 Å². The Morgan fingerprint density at radius 1 is 0.979 bits per heavy atom. The van der Waals surface area contributed by atoms with Crippen LogP contribution in [0.4, 0.5) is 10.5 Å². The first-order valence-corrected chi connectivity index (χ1v) is 17.6. The quantitative estimate of drug-likeness (QED) is 0.203. The number of ether oxygens (including phenoxy) is 2. The monoisotopic (exact) mass is 642 g/mol. The molecule has 0 unspecified atom stereocenters. The maximum absolute atomic E-state index is 14.4. The highest BCUT2D eigenvalue weighted by Gasteiger charge is 2.34. The molecule has 0 bridgehead atoms. The average molecular weight is 643 g/mol. The van der Waals surface area contributed by atoms with Gasteiger partial charge in [-0.3, -0.25) is 9.48 Å². The summed E-state index contributed by atoms with van der Waals surface area (Å²) in [5.41, 5.74) is 5.66. The molecule has 6 rings (SSSR count). The zero-order valence-corrected chi connectivity index (χ0v) is 27.9. The van der Waals surface area contributed by atoms with Crippen molar-refractivity contribution < 1.29 is 24.2 Å². The summed E-state index contributed by atoms with van der Waals surface area (Å²) in [5.74, 6) is 1.96. The van der Waals surface area contributed by atoms with Gasteiger partial charge >= 0.3 is 6.09 Å². The van der Waals surface area contributed by atoms with Crippen LogP contribution in [0.2, 0.25) is 0 Å². The van der Waals surface area contributed by atoms with E-state index in [1.165, 1.54) is 24.0 Å². The number of aromatic nitrogens is 2. The number of aliphatic hydroxyl groups excluding tert-OH is 1. The zero-order chi connectivity index (χ0) is 32.8. The van der Waals surface area contributed by atoms with Crippen molar-refractivity contribution in [1.29, 1.82) is 0 Å². The van der Waals surface area contributed by atoms with Gasteiger partial charge in [0.2, 0.25) is 5.91 Å². The van der Waals surface area contributed by atoms with E-state index in [-0.39, 0.29) is 24.5 Å². The maximum atomic E-state index is 14.4. The molecule has 0 saturated heterocycles. The molecule has 0 radical (unpaired) electrons. The van der Waals surface area contributed by atoms with E-state index in [0.29, 0.717) is 63.1 Å². The Kier molecular flexibility index (Phi) is 10.8. The number of hydrogen-bond donors (Lipinski definition) is 2. The van der Waals surface area contributed by atoms with Crippen molar-refractivity contribution in [2.45, 2.75) is 95.6 Å². The topological polar surface area (TPSA) is 106 Å². The molecule has 3 aliphatic carbocycles. The SMILES string of the molecule is COc1ccc([C@H]2CC[C@H](CN(c3cccc(-c4cnn(C5CC5)c4)c3)C(=O)[C@H]3CC[C@H](OC(=O)NCCCO)CC3)CC2)cc1C. The molecule has 2 aromatic carbocycles. The normalized spacial score (nSPS) is 22.8. The summed E-state index contributed by atoms with van der Waals surface area (Å²) >= 11 is 0. The van der Waals surface area contributed by atoms with Crippen molar-refractivity contribution in [1.82, 2.24) is 15.1 Å². The molecule has 0 spiro atoms. The number of hydrogen-bond acceptors (Lipinski definition) is 6. The van der Waals surface area contributed by atoms with E-state index in [0.717, 1.165) is 48.2 Å². The minimum Gasteiger partial charge on any atom is -0.496 e. The van der Waals surface area contributed by atoms with Crippen molar-refractivity contribution in [3.63, 3.8) is 0 Å². The predicted octanol–water partition coefficient (Wildman–Crippen LogP) is 7.18. The van der Waals surface area contributed by atoms with Crippen LogP contribution in [-0.4, -0.2) is 59.8 Å². The molecule has 0 aliphatic heterocycles. The van der Waals surface area contributed by atoms with Gasteiger partial charge in [-0.15, -0.1) is 0 Å². The van der Waals surface area contributed by atoms with Crippen LogP contribution in [0.15, 0.2) is 54.9 Å². The molecule has 9 heteroatoms. The first-order chi connectivity index (χ1) is 22.9. The summed E-state index contributed by atoms with van der Waals surface area (Å²) in [6.45, 7) is 3.23. The summed E-state index contributed by atoms with van der Waals surface area (Å²) in [7, 11) is 1.72. The first kappa shape index (κ1) is 33.1. The third kappa shape index (κ3) is 8.36. The largest absolute Gasteiger partial charge is 0.496 e. The molecule has 252 valence electrons. The lowest BCUT2D eigenvalue weighted by molar-refractivity contribution is -0.124. The lowest BCUT2D eigenvalue weighted by atomic mass is 9.78. The smallest absolute Gasteiger partial charge is 0.407 e. The van der Waals surface area contributed by atoms with Gasteiger partial charge in [0.25, 0.3) is 0 Å². The molecule has 2 N–H and O–H groups in total. The van der Waals surface area contributed by atoms with E-state index >= 15 is 0 Å². The number of nitrogens with one attached hydrogen (secondary N) is 1. The molecule has 3 saturated carbocycles. The van der Waals surface area contributed by atoms with E-state index in [4.69, 9.17) is 14.6 Å². The van der Waals surface area contributed by atoms with Crippen molar-refractivity contribution in [2.75, 3.05) is 31.7 Å². The van der Waals surface area contributed by atoms with E-state index in [2.05, 4.69) is 75.6 Å². The van der Waals surface area contributed by atoms with Gasteiger partial charge in [0, 0.05) is 43.1 Å². The van der Waals surface area contributed by atoms with Crippen LogP contribution < -0.4 is 15.0 Å². The fourth-order valence-electron chi connectivity index (χ4n) is 7.40. The van der Waals surface area contributed by atoms with E-state index in [9.17, 15) is 9.59 Å². The molecule has 3 aliphatic rings. The Labute approximate surface area is 278 Å². The third-order valence-electron chi connectivity index (χ3n) is 10.4. The zero-order valence-electron chi connectivity index (χ0n) is 27.9. The Morgan fingerprint density at radius 2 is 1.77 bits per heavy atom. The molecular formula is C38H50N4O5. The van der Waals surface area contributed by atoms with Crippen LogP contribution in [0.5, 0.6) is 5.75 Å². The second-order valence-electron chi connectivity index (χ2n) is 13.8. The van der Waals surface area contributed by atoms with E-state index < -0.39 is 6.09 Å². The first-order valence-electron chi connectivity index (χ1n) is 17.6. The predicted molar refractivity (Wildman–Crippen MR) is 183 cm³/mol. The van der Waals surface area contributed by atoms with Gasteiger partial charge < -0.3 is 24.8 Å². The number of amides is 2. The van der Waals surface area contributed by atoms with Crippen LogP contribution in [0.25, 0.3) is 11.1 Å². The minimum absolute atomic E-state index is 0.0286. The number of aliphatic hydroxyl groups is 1. The number of aryl methyl sites for hydroxylation is 1. The van der Waals surface area contributed by atoms with Gasteiger partial charge in [-0.05, 0) is 124 Å². The Hall–Kier alpha value is -3.85. The van der Waals surface area contributed by atoms with Gasteiger partial charge in [0.1, 0.15) is 11.9 Å². The second-order valence-corrected chi connectivity index (χ2v) is 13.8. The van der Waals surface area contributed by atoms with Crippen LogP contribution in [0.1, 0.15) is 93.7 Å². The Balaban J connectivity index is 1.14. The minimum atomic E-state index is -0.447. The molecule has 0 atom stereocenters. The molecule has 3 aromatic rings. The van der Waals surface area contributed by atoms with Crippen LogP contribution in [0.3, 0.4) is 0 Å². The summed E-state index contributed by atoms with van der Waals surface area (Å²) in [5, 5.41) is 16.3. The number of benzene rings is 2. The standard InChI is InChI=1S/C38H50N4O5/c1-26-21-31(13-18-36(26)46-2)28-9-7-27(8-10-28)24-41(34-6-3-5-30(22-34)32-23-40-42(25-32)33-14-15-33)37(44)29-11-16-35(17-12-29)47-38(45)39-19-4-20-43/h3,5-6,13,18,21-23,25,27-29,33,35,43H,4,7-12,14-17,19-20,24H2,1-2H3,(H,39,45)/t27-,28-,29-,35-. The Morgan fingerprint density at radius 3 is 2.47 bits per heavy atom. The summed E-state index contributed by atoms with van der Waals surface area (Å²) in [6.07, 6.45) is 13.4. The average Bonchev–Trinajstić information content (AvgIpc) is 3.83. The highest BCUT2D eigenvalue weighted by molar-refractivity contribution is 5.95. The number of anilines is 1. The summed E-state index contributed by atoms with van der Waals surface area (Å²) in [4.78, 5) is 28.6. The van der Waals surface area contributed by atoms with Crippen LogP contribution >= 0.6 is 0 Å². The molecule has 3 fully saturated rings. The number of alkyl carbamates (subject to hydrolysis) is 1. The van der Waals surface area contributed by atoms with Gasteiger partial charge in [-0.25, -0.2) is 4.79 Å². The second kappa shape index (κ2) is 15.4. The van der Waals surface area contributed by atoms with Gasteiger partial charge in [0.05, 0.1) is 19.3 Å². The molecule has 47 heavy (non-hydrogen) atoms. The van der Waals surface area contributed by atoms with Crippen molar-refractivity contribution in [3.8, 4) is 16.9 Å². The highest BCUT2D eigenvalue weighted by atomic mass is 16.6. The van der Waals surface area contributed by atoms with Gasteiger partial charge in [-0.2, -0.15) is 5.10 Å². The highest BCUT2D eigenvalue weighted by Crippen LogP contribution is 2.40. The van der Waals surface area contributed by atoms with E-state index in [1.54, 1.807) is 7.11 Å². The van der Waals surface area contributed by atoms with E-state index in [1.807, 2.05) is 6.20 Å². The number of rotatable bonds is 12. The summed E-state index contributed by atoms with van der Waals surface area (Å²) in [6, 6.07) is 15.5. The van der Waals surface area contributed by atoms with Gasteiger partial charge in [-0.1, -0.05) is 24.3 Å². The molecular weight excluding hydrogens is 592 g/mol. The number of carbonyl (C=O) groups excluding carboxylic acids is 2. The molecule has 2 amide bonds. The number of carbonyl (C=O) groups is 2. The number of methoxy groups -OCH3 is 1. The van der Waals surface area contributed by atoms with Crippen LogP contribution in [0, 0.1) is 18.8 Å². The van der Waals surface area contributed by atoms with Gasteiger partial charge in [0.15, 0.2) is 0 Å². The van der Waals surface area contributed by atoms with Crippen LogP contribution in [-0.2, 0) is 9.53 Å². The molecule has 9 nitrogen and oxygen atoms in total. The van der Waals surface area contributed by atoms with Crippen molar-refractivity contribution in [2.24, 2.45) is 11.8 Å². The molecule has 1 heterocycles. The maximum Gasteiger partial charge on any atom is 0.407 e. The fourth-order valence-corrected chi connectivity index (χ4v) is 7.40. The number of nitrogens with zero attached hydrogens (tertiary/aromatic N) is 3. The van der Waals surface area contributed by atoms with Crippen molar-refractivity contribution >= 4 is 17.7 Å². The lowest BCUT2D eigenvalue weighted by Crippen LogP contribution is -2.42. The summed E-state index contributed by atoms with van der Waals surface area (Å²) < 4.78 is 13.2. The third-order valence-corrected chi connectivity index (χ3v) is 10.4.